The van der Waals surface area contributed by atoms with Crippen LogP contribution in [0.5, 0.6) is 0 Å². The molecule has 0 spiro atoms. The molecule has 0 bridgehead atoms. The maximum atomic E-state index is 10.9. The number of fused-ring (bicyclic) bond motifs is 1. The van der Waals surface area contributed by atoms with E-state index in [2.05, 4.69) is 37.7 Å². The van der Waals surface area contributed by atoms with Gasteiger partial charge in [-0.3, -0.25) is 9.89 Å². The molecule has 2 aromatic heterocycles. The van der Waals surface area contributed by atoms with Crippen molar-refractivity contribution < 1.29 is 4.79 Å². The highest BCUT2D eigenvalue weighted by molar-refractivity contribution is 5.87. The Morgan fingerprint density at radius 3 is 3.00 bits per heavy atom. The maximum Gasteiger partial charge on any atom is 0.226 e. The van der Waals surface area contributed by atoms with Crippen LogP contribution >= 0.6 is 0 Å². The molecule has 2 aromatic rings. The van der Waals surface area contributed by atoms with Gasteiger partial charge in [0.25, 0.3) is 0 Å². The summed E-state index contributed by atoms with van der Waals surface area (Å²) in [5.41, 5.74) is 5.84. The number of anilines is 2. The van der Waals surface area contributed by atoms with E-state index in [-0.39, 0.29) is 18.4 Å². The lowest BCUT2D eigenvalue weighted by molar-refractivity contribution is -0.118. The lowest BCUT2D eigenvalue weighted by Crippen LogP contribution is -2.24. The van der Waals surface area contributed by atoms with Crippen LogP contribution in [0, 0.1) is 0 Å². The third-order valence-corrected chi connectivity index (χ3v) is 2.73. The summed E-state index contributed by atoms with van der Waals surface area (Å²) in [5, 5.41) is 13.9. The Kier molecular flexibility index (Phi) is 4.34. The molecule has 0 aliphatic rings. The molecule has 0 saturated heterocycles. The van der Waals surface area contributed by atoms with Gasteiger partial charge in [-0.25, -0.2) is 0 Å². The zero-order valence-corrected chi connectivity index (χ0v) is 11.6. The summed E-state index contributed by atoms with van der Waals surface area (Å²) in [6, 6.07) is -0.112. The second kappa shape index (κ2) is 6.18. The zero-order valence-electron chi connectivity index (χ0n) is 11.6. The van der Waals surface area contributed by atoms with Gasteiger partial charge in [0.15, 0.2) is 5.65 Å². The van der Waals surface area contributed by atoms with E-state index in [1.165, 1.54) is 0 Å². The van der Waals surface area contributed by atoms with Crippen molar-refractivity contribution in [2.75, 3.05) is 17.2 Å². The van der Waals surface area contributed by atoms with Crippen LogP contribution in [0.4, 0.5) is 11.8 Å². The molecule has 0 aromatic carbocycles. The van der Waals surface area contributed by atoms with E-state index >= 15 is 0 Å². The molecule has 20 heavy (non-hydrogen) atoms. The average Bonchev–Trinajstić information content (AvgIpc) is 2.83. The third-order valence-electron chi connectivity index (χ3n) is 2.73. The van der Waals surface area contributed by atoms with Crippen molar-refractivity contribution >= 4 is 28.7 Å². The van der Waals surface area contributed by atoms with Gasteiger partial charge in [-0.1, -0.05) is 6.92 Å². The standard InChI is InChI=1S/C12H19N7O/c1-3-4-14-12-17-10(16-7(2)5-9(13)20)8-6-15-19-11(8)18-12/h6-7H,3-5H2,1-2H3,(H2,13,20)(H3,14,15,16,17,18,19). The van der Waals surface area contributed by atoms with Crippen molar-refractivity contribution in [3.63, 3.8) is 0 Å². The molecule has 0 saturated carbocycles. The first-order valence-corrected chi connectivity index (χ1v) is 6.60. The molecule has 5 N–H and O–H groups in total. The Bertz CT molecular complexity index is 595. The first-order valence-electron chi connectivity index (χ1n) is 6.60. The fourth-order valence-corrected chi connectivity index (χ4v) is 1.85. The smallest absolute Gasteiger partial charge is 0.226 e. The van der Waals surface area contributed by atoms with Crippen molar-refractivity contribution in [2.45, 2.75) is 32.7 Å². The number of aromatic amines is 1. The monoisotopic (exact) mass is 277 g/mol. The lowest BCUT2D eigenvalue weighted by atomic mass is 10.2. The molecule has 8 heteroatoms. The number of hydrogen-bond acceptors (Lipinski definition) is 6. The van der Waals surface area contributed by atoms with Crippen molar-refractivity contribution in [2.24, 2.45) is 5.73 Å². The summed E-state index contributed by atoms with van der Waals surface area (Å²) in [7, 11) is 0. The highest BCUT2D eigenvalue weighted by Gasteiger charge is 2.13. The van der Waals surface area contributed by atoms with Crippen LogP contribution in [0.1, 0.15) is 26.7 Å². The summed E-state index contributed by atoms with van der Waals surface area (Å²) in [6.07, 6.45) is 2.87. The number of carbonyl (C=O) groups excluding carboxylic acids is 1. The van der Waals surface area contributed by atoms with Gasteiger partial charge in [0.1, 0.15) is 5.82 Å². The summed E-state index contributed by atoms with van der Waals surface area (Å²) < 4.78 is 0. The average molecular weight is 277 g/mol. The van der Waals surface area contributed by atoms with Crippen molar-refractivity contribution in [3.8, 4) is 0 Å². The number of carbonyl (C=O) groups is 1. The van der Waals surface area contributed by atoms with Gasteiger partial charge in [0.2, 0.25) is 11.9 Å². The highest BCUT2D eigenvalue weighted by Crippen LogP contribution is 2.21. The van der Waals surface area contributed by atoms with Crippen molar-refractivity contribution in [3.05, 3.63) is 6.20 Å². The van der Waals surface area contributed by atoms with E-state index in [0.29, 0.717) is 17.4 Å². The number of nitrogens with two attached hydrogens (primary N) is 1. The quantitative estimate of drug-likeness (QED) is 0.595. The van der Waals surface area contributed by atoms with Crippen LogP contribution in [0.15, 0.2) is 6.20 Å². The fourth-order valence-electron chi connectivity index (χ4n) is 1.85. The maximum absolute atomic E-state index is 10.9. The Labute approximate surface area is 116 Å². The SMILES string of the molecule is CCCNc1nc(NC(C)CC(N)=O)c2cn[nH]c2n1. The summed E-state index contributed by atoms with van der Waals surface area (Å²) >= 11 is 0. The second-order valence-corrected chi connectivity index (χ2v) is 4.67. The van der Waals surface area contributed by atoms with Crippen LogP contribution in [-0.2, 0) is 4.79 Å². The molecule has 1 unspecified atom stereocenters. The fraction of sp³-hybridized carbons (Fsp3) is 0.500. The predicted molar refractivity (Wildman–Crippen MR) is 77.4 cm³/mol. The second-order valence-electron chi connectivity index (χ2n) is 4.67. The Balaban J connectivity index is 2.25. The molecule has 1 amide bonds. The number of rotatable bonds is 7. The minimum absolute atomic E-state index is 0.112. The van der Waals surface area contributed by atoms with Gasteiger partial charge < -0.3 is 16.4 Å². The molecular weight excluding hydrogens is 258 g/mol. The molecule has 2 rings (SSSR count). The van der Waals surface area contributed by atoms with Crippen molar-refractivity contribution in [1.82, 2.24) is 20.2 Å². The molecule has 0 fully saturated rings. The van der Waals surface area contributed by atoms with Gasteiger partial charge >= 0.3 is 0 Å². The highest BCUT2D eigenvalue weighted by atomic mass is 16.1. The molecule has 1 atom stereocenters. The topological polar surface area (TPSA) is 122 Å². The zero-order chi connectivity index (χ0) is 14.5. The Hall–Kier alpha value is -2.38. The number of nitrogens with zero attached hydrogens (tertiary/aromatic N) is 3. The number of primary amides is 1. The van der Waals surface area contributed by atoms with Crippen LogP contribution < -0.4 is 16.4 Å². The van der Waals surface area contributed by atoms with E-state index in [9.17, 15) is 4.79 Å². The first-order chi connectivity index (χ1) is 9.60. The van der Waals surface area contributed by atoms with Gasteiger partial charge in [0.05, 0.1) is 11.6 Å². The largest absolute Gasteiger partial charge is 0.370 e. The molecule has 108 valence electrons. The van der Waals surface area contributed by atoms with Gasteiger partial charge in [-0.15, -0.1) is 0 Å². The molecule has 0 radical (unpaired) electrons. The van der Waals surface area contributed by atoms with Gasteiger partial charge in [0, 0.05) is 19.0 Å². The number of H-pyrrole nitrogens is 1. The molecule has 0 aliphatic carbocycles. The van der Waals surface area contributed by atoms with Gasteiger partial charge in [-0.2, -0.15) is 15.1 Å². The number of nitrogens with one attached hydrogen (secondary N) is 3. The van der Waals surface area contributed by atoms with E-state index in [0.717, 1.165) is 18.4 Å². The third kappa shape index (κ3) is 3.34. The number of aromatic nitrogens is 4. The minimum atomic E-state index is -0.355. The molecule has 0 aliphatic heterocycles. The van der Waals surface area contributed by atoms with E-state index in [1.807, 2.05) is 6.92 Å². The minimum Gasteiger partial charge on any atom is -0.370 e. The molecule has 2 heterocycles. The van der Waals surface area contributed by atoms with Crippen LogP contribution in [0.3, 0.4) is 0 Å². The Morgan fingerprint density at radius 1 is 1.50 bits per heavy atom. The van der Waals surface area contributed by atoms with Crippen LogP contribution in [0.25, 0.3) is 11.0 Å². The number of hydrogen-bond donors (Lipinski definition) is 4. The van der Waals surface area contributed by atoms with E-state index in [1.54, 1.807) is 6.20 Å². The van der Waals surface area contributed by atoms with Gasteiger partial charge in [-0.05, 0) is 13.3 Å². The number of amides is 1. The predicted octanol–water partition coefficient (Wildman–Crippen LogP) is 0.851. The normalized spacial score (nSPS) is 12.3. The first kappa shape index (κ1) is 14.0. The lowest BCUT2D eigenvalue weighted by Gasteiger charge is -2.14. The summed E-state index contributed by atoms with van der Waals surface area (Å²) in [5.74, 6) is 0.806. The summed E-state index contributed by atoms with van der Waals surface area (Å²) in [4.78, 5) is 19.7. The van der Waals surface area contributed by atoms with E-state index < -0.39 is 0 Å². The molecular formula is C12H19N7O. The van der Waals surface area contributed by atoms with E-state index in [4.69, 9.17) is 5.73 Å². The van der Waals surface area contributed by atoms with Crippen LogP contribution in [-0.4, -0.2) is 38.7 Å². The van der Waals surface area contributed by atoms with Crippen LogP contribution in [0.2, 0.25) is 0 Å². The summed E-state index contributed by atoms with van der Waals surface area (Å²) in [6.45, 7) is 4.73. The van der Waals surface area contributed by atoms with Crippen molar-refractivity contribution in [1.29, 1.82) is 0 Å². The molecule has 8 nitrogen and oxygen atoms in total. The Morgan fingerprint density at radius 2 is 2.30 bits per heavy atom.